The number of ether oxygens (including phenoxy) is 2. The summed E-state index contributed by atoms with van der Waals surface area (Å²) in [4.78, 5) is 13.5. The predicted molar refractivity (Wildman–Crippen MR) is 93.4 cm³/mol. The molecule has 0 saturated carbocycles. The number of piperazine rings is 1. The number of benzene rings is 1. The van der Waals surface area contributed by atoms with Crippen molar-refractivity contribution in [1.82, 2.24) is 15.5 Å². The average Bonchev–Trinajstić information content (AvgIpc) is 2.61. The van der Waals surface area contributed by atoms with Crippen LogP contribution in [0.5, 0.6) is 11.5 Å². The number of carbonyl (C=O) groups excluding carboxylic acids is 1. The highest BCUT2D eigenvalue weighted by Crippen LogP contribution is 2.30. The Hall–Kier alpha value is -1.78. The first kappa shape index (κ1) is 23.3. The van der Waals surface area contributed by atoms with Crippen LogP contribution >= 0.6 is 12.4 Å². The molecule has 0 radical (unpaired) electrons. The van der Waals surface area contributed by atoms with Crippen molar-refractivity contribution in [3.05, 3.63) is 23.5 Å². The molecule has 0 bridgehead atoms. The van der Waals surface area contributed by atoms with Crippen molar-refractivity contribution >= 4 is 18.3 Å². The fraction of sp³-hybridized carbons (Fsp3) is 0.562. The second kappa shape index (κ2) is 9.95. The number of hydrogen-bond donors (Lipinski definition) is 2. The van der Waals surface area contributed by atoms with Gasteiger partial charge in [0.1, 0.15) is 11.9 Å². The summed E-state index contributed by atoms with van der Waals surface area (Å²) in [6.45, 7) is 0.626. The molecule has 1 aliphatic rings. The fourth-order valence-corrected chi connectivity index (χ4v) is 2.76. The Morgan fingerprint density at radius 1 is 1.22 bits per heavy atom. The first-order chi connectivity index (χ1) is 12.3. The quantitative estimate of drug-likeness (QED) is 0.694. The SMILES string of the molecule is COc1cc(F)c(C(=O)NCC(N2CCNCC2)C(F)(F)F)cc1OC.Cl. The van der Waals surface area contributed by atoms with E-state index in [0.717, 1.165) is 12.1 Å². The molecule has 1 unspecified atom stereocenters. The zero-order valence-electron chi connectivity index (χ0n) is 14.9. The molecule has 27 heavy (non-hydrogen) atoms. The lowest BCUT2D eigenvalue weighted by Crippen LogP contribution is -2.57. The highest BCUT2D eigenvalue weighted by molar-refractivity contribution is 5.95. The Morgan fingerprint density at radius 3 is 2.30 bits per heavy atom. The van der Waals surface area contributed by atoms with E-state index < -0.39 is 36.1 Å². The number of amides is 1. The summed E-state index contributed by atoms with van der Waals surface area (Å²) in [5.74, 6) is -1.68. The minimum Gasteiger partial charge on any atom is -0.493 e. The van der Waals surface area contributed by atoms with Gasteiger partial charge in [0.05, 0.1) is 19.8 Å². The molecule has 0 aromatic heterocycles. The third-order valence-electron chi connectivity index (χ3n) is 4.14. The minimum absolute atomic E-state index is 0. The third-order valence-corrected chi connectivity index (χ3v) is 4.14. The van der Waals surface area contributed by atoms with Crippen molar-refractivity contribution in [3.8, 4) is 11.5 Å². The van der Waals surface area contributed by atoms with Crippen molar-refractivity contribution in [2.75, 3.05) is 46.9 Å². The van der Waals surface area contributed by atoms with E-state index in [-0.39, 0.29) is 37.0 Å². The molecule has 0 spiro atoms. The number of methoxy groups -OCH3 is 2. The van der Waals surface area contributed by atoms with Crippen LogP contribution in [-0.4, -0.2) is 70.0 Å². The maximum absolute atomic E-state index is 14.1. The number of nitrogens with one attached hydrogen (secondary N) is 2. The van der Waals surface area contributed by atoms with Gasteiger partial charge in [0.25, 0.3) is 5.91 Å². The molecule has 0 aliphatic carbocycles. The van der Waals surface area contributed by atoms with E-state index in [0.29, 0.717) is 13.1 Å². The normalized spacial score (nSPS) is 16.2. The second-order valence-corrected chi connectivity index (χ2v) is 5.74. The Balaban J connectivity index is 0.00000364. The van der Waals surface area contributed by atoms with E-state index in [9.17, 15) is 22.4 Å². The van der Waals surface area contributed by atoms with Crippen molar-refractivity contribution in [2.24, 2.45) is 0 Å². The smallest absolute Gasteiger partial charge is 0.405 e. The molecule has 1 aromatic carbocycles. The Morgan fingerprint density at radius 2 is 1.78 bits per heavy atom. The van der Waals surface area contributed by atoms with Gasteiger partial charge in [0, 0.05) is 38.8 Å². The maximum atomic E-state index is 14.1. The van der Waals surface area contributed by atoms with Gasteiger partial charge in [-0.25, -0.2) is 4.39 Å². The largest absolute Gasteiger partial charge is 0.493 e. The van der Waals surface area contributed by atoms with Crippen molar-refractivity contribution < 1.29 is 31.8 Å². The molecule has 6 nitrogen and oxygen atoms in total. The van der Waals surface area contributed by atoms with E-state index in [4.69, 9.17) is 9.47 Å². The number of nitrogens with zero attached hydrogens (tertiary/aromatic N) is 1. The Bertz CT molecular complexity index is 640. The standard InChI is InChI=1S/C16H21F4N3O3.ClH/c1-25-12-7-10(11(17)8-13(12)26-2)15(24)22-9-14(16(18,19)20)23-5-3-21-4-6-23;/h7-8,14,21H,3-6,9H2,1-2H3,(H,22,24);1H. The summed E-state index contributed by atoms with van der Waals surface area (Å²) in [6.07, 6.45) is -4.51. The highest BCUT2D eigenvalue weighted by Gasteiger charge is 2.43. The molecule has 1 fully saturated rings. The van der Waals surface area contributed by atoms with Gasteiger partial charge in [-0.15, -0.1) is 12.4 Å². The lowest BCUT2D eigenvalue weighted by Gasteiger charge is -2.35. The molecule has 1 heterocycles. The molecule has 1 amide bonds. The van der Waals surface area contributed by atoms with Gasteiger partial charge in [0.2, 0.25) is 0 Å². The van der Waals surface area contributed by atoms with E-state index in [1.54, 1.807) is 0 Å². The molecule has 1 atom stereocenters. The first-order valence-corrected chi connectivity index (χ1v) is 7.99. The number of halogens is 5. The Labute approximate surface area is 160 Å². The van der Waals surface area contributed by atoms with Crippen LogP contribution in [0.4, 0.5) is 17.6 Å². The van der Waals surface area contributed by atoms with Gasteiger partial charge >= 0.3 is 6.18 Å². The fourth-order valence-electron chi connectivity index (χ4n) is 2.76. The number of alkyl halides is 3. The van der Waals surface area contributed by atoms with Crippen LogP contribution in [0.3, 0.4) is 0 Å². The monoisotopic (exact) mass is 415 g/mol. The van der Waals surface area contributed by atoms with Crippen molar-refractivity contribution in [2.45, 2.75) is 12.2 Å². The zero-order chi connectivity index (χ0) is 19.3. The van der Waals surface area contributed by atoms with Crippen LogP contribution in [0.25, 0.3) is 0 Å². The predicted octanol–water partition coefficient (Wildman–Crippen LogP) is 1.83. The van der Waals surface area contributed by atoms with Crippen LogP contribution < -0.4 is 20.1 Å². The second-order valence-electron chi connectivity index (χ2n) is 5.74. The van der Waals surface area contributed by atoms with Crippen LogP contribution in [0.1, 0.15) is 10.4 Å². The van der Waals surface area contributed by atoms with Gasteiger partial charge in [0.15, 0.2) is 11.5 Å². The van der Waals surface area contributed by atoms with Crippen LogP contribution in [0.15, 0.2) is 12.1 Å². The number of hydrogen-bond acceptors (Lipinski definition) is 5. The van der Waals surface area contributed by atoms with Gasteiger partial charge in [-0.05, 0) is 6.07 Å². The topological polar surface area (TPSA) is 62.8 Å². The Kier molecular flexibility index (Phi) is 8.58. The minimum atomic E-state index is -4.51. The molecule has 1 saturated heterocycles. The van der Waals surface area contributed by atoms with Gasteiger partial charge in [-0.1, -0.05) is 0 Å². The molecule has 154 valence electrons. The molecule has 2 N–H and O–H groups in total. The van der Waals surface area contributed by atoms with Gasteiger partial charge < -0.3 is 20.1 Å². The number of rotatable bonds is 6. The summed E-state index contributed by atoms with van der Waals surface area (Å²) in [6, 6.07) is 0.208. The third kappa shape index (κ3) is 5.85. The van der Waals surface area contributed by atoms with E-state index >= 15 is 0 Å². The summed E-state index contributed by atoms with van der Waals surface area (Å²) >= 11 is 0. The number of carbonyl (C=O) groups is 1. The van der Waals surface area contributed by atoms with Crippen LogP contribution in [0.2, 0.25) is 0 Å². The summed E-state index contributed by atoms with van der Waals surface area (Å²) in [5, 5.41) is 5.15. The maximum Gasteiger partial charge on any atom is 0.405 e. The van der Waals surface area contributed by atoms with Gasteiger partial charge in [-0.3, -0.25) is 9.69 Å². The van der Waals surface area contributed by atoms with E-state index in [2.05, 4.69) is 10.6 Å². The van der Waals surface area contributed by atoms with Crippen molar-refractivity contribution in [1.29, 1.82) is 0 Å². The average molecular weight is 416 g/mol. The molecular weight excluding hydrogens is 394 g/mol. The summed E-state index contributed by atoms with van der Waals surface area (Å²) in [7, 11) is 2.61. The molecule has 1 aromatic rings. The first-order valence-electron chi connectivity index (χ1n) is 7.99. The van der Waals surface area contributed by atoms with E-state index in [1.165, 1.54) is 19.1 Å². The van der Waals surface area contributed by atoms with Gasteiger partial charge in [-0.2, -0.15) is 13.2 Å². The van der Waals surface area contributed by atoms with Crippen LogP contribution in [0, 0.1) is 5.82 Å². The highest BCUT2D eigenvalue weighted by atomic mass is 35.5. The summed E-state index contributed by atoms with van der Waals surface area (Å²) < 4.78 is 64.0. The van der Waals surface area contributed by atoms with Crippen molar-refractivity contribution in [3.63, 3.8) is 0 Å². The zero-order valence-corrected chi connectivity index (χ0v) is 15.7. The molecule has 1 aliphatic heterocycles. The summed E-state index contributed by atoms with van der Waals surface area (Å²) in [5.41, 5.74) is -0.413. The lowest BCUT2D eigenvalue weighted by atomic mass is 10.1. The molecule has 2 rings (SSSR count). The van der Waals surface area contributed by atoms with Crippen LogP contribution in [-0.2, 0) is 0 Å². The van der Waals surface area contributed by atoms with E-state index in [1.807, 2.05) is 0 Å². The molecular formula is C16H22ClF4N3O3. The lowest BCUT2D eigenvalue weighted by molar-refractivity contribution is -0.183. The molecule has 11 heteroatoms.